The molecular formula is C13H26O3Si. The van der Waals surface area contributed by atoms with Gasteiger partial charge in [-0.05, 0) is 30.6 Å². The van der Waals surface area contributed by atoms with E-state index in [1.807, 2.05) is 6.08 Å². The van der Waals surface area contributed by atoms with Gasteiger partial charge in [-0.1, -0.05) is 26.8 Å². The lowest BCUT2D eigenvalue weighted by Gasteiger charge is -2.37. The fraction of sp³-hybridized carbons (Fsp3) is 0.846. The summed E-state index contributed by atoms with van der Waals surface area (Å²) >= 11 is 0. The van der Waals surface area contributed by atoms with Gasteiger partial charge in [-0.2, -0.15) is 0 Å². The Kier molecular flexibility index (Phi) is 4.95. The molecule has 1 aliphatic heterocycles. The Hall–Kier alpha value is -0.163. The van der Waals surface area contributed by atoms with Crippen LogP contribution in [0.2, 0.25) is 18.1 Å². The van der Waals surface area contributed by atoms with Gasteiger partial charge >= 0.3 is 0 Å². The van der Waals surface area contributed by atoms with Gasteiger partial charge in [0.25, 0.3) is 0 Å². The Balaban J connectivity index is 2.44. The third-order valence-electron chi connectivity index (χ3n) is 3.69. The van der Waals surface area contributed by atoms with Crippen molar-refractivity contribution in [2.45, 2.75) is 57.7 Å². The molecule has 0 saturated carbocycles. The van der Waals surface area contributed by atoms with E-state index in [1.54, 1.807) is 7.11 Å². The molecule has 0 radical (unpaired) electrons. The monoisotopic (exact) mass is 258 g/mol. The molecule has 0 fully saturated rings. The first-order valence-corrected chi connectivity index (χ1v) is 9.16. The lowest BCUT2D eigenvalue weighted by atomic mass is 10.2. The fourth-order valence-electron chi connectivity index (χ4n) is 1.39. The Labute approximate surface area is 106 Å². The summed E-state index contributed by atoms with van der Waals surface area (Å²) in [6.07, 6.45) is 4.88. The molecule has 0 N–H and O–H groups in total. The van der Waals surface area contributed by atoms with E-state index < -0.39 is 8.32 Å². The van der Waals surface area contributed by atoms with Gasteiger partial charge in [0.2, 0.25) is 0 Å². The molecule has 0 saturated heterocycles. The van der Waals surface area contributed by atoms with Gasteiger partial charge in [0.1, 0.15) is 0 Å². The lowest BCUT2D eigenvalue weighted by molar-refractivity contribution is -0.140. The summed E-state index contributed by atoms with van der Waals surface area (Å²) in [5, 5.41) is 0.248. The van der Waals surface area contributed by atoms with Crippen molar-refractivity contribution in [1.82, 2.24) is 0 Å². The first-order valence-electron chi connectivity index (χ1n) is 6.25. The average Bonchev–Trinajstić information content (AvgIpc) is 2.25. The molecule has 0 spiro atoms. The molecule has 0 aromatic rings. The molecule has 0 bridgehead atoms. The van der Waals surface area contributed by atoms with Crippen LogP contribution in [0.1, 0.15) is 27.2 Å². The maximum absolute atomic E-state index is 6.15. The van der Waals surface area contributed by atoms with Crippen LogP contribution in [0.3, 0.4) is 0 Å². The lowest BCUT2D eigenvalue weighted by Crippen LogP contribution is -2.43. The van der Waals surface area contributed by atoms with Crippen LogP contribution >= 0.6 is 0 Å². The van der Waals surface area contributed by atoms with E-state index in [0.717, 1.165) is 6.42 Å². The van der Waals surface area contributed by atoms with Gasteiger partial charge < -0.3 is 13.9 Å². The summed E-state index contributed by atoms with van der Waals surface area (Å²) < 4.78 is 17.0. The SMILES string of the molecule is CO[C@@H]1C=CC[C@H](CO[Si](C)(C)C(C)(C)C)O1. The maximum Gasteiger partial charge on any atom is 0.192 e. The van der Waals surface area contributed by atoms with E-state index in [2.05, 4.69) is 39.9 Å². The van der Waals surface area contributed by atoms with Gasteiger partial charge in [0, 0.05) is 7.11 Å². The van der Waals surface area contributed by atoms with Crippen molar-refractivity contribution in [3.63, 3.8) is 0 Å². The predicted molar refractivity (Wildman–Crippen MR) is 72.6 cm³/mol. The van der Waals surface area contributed by atoms with Crippen molar-refractivity contribution >= 4 is 8.32 Å². The Morgan fingerprint density at radius 2 is 2.00 bits per heavy atom. The second kappa shape index (κ2) is 5.65. The molecule has 1 heterocycles. The number of ether oxygens (including phenoxy) is 2. The molecule has 0 unspecified atom stereocenters. The van der Waals surface area contributed by atoms with E-state index in [9.17, 15) is 0 Å². The van der Waals surface area contributed by atoms with Crippen LogP contribution in [0.25, 0.3) is 0 Å². The van der Waals surface area contributed by atoms with Crippen molar-refractivity contribution in [2.75, 3.05) is 13.7 Å². The topological polar surface area (TPSA) is 27.7 Å². The zero-order valence-electron chi connectivity index (χ0n) is 11.9. The summed E-state index contributed by atoms with van der Waals surface area (Å²) in [5.41, 5.74) is 0. The molecule has 1 rings (SSSR count). The van der Waals surface area contributed by atoms with Crippen molar-refractivity contribution < 1.29 is 13.9 Å². The highest BCUT2D eigenvalue weighted by Gasteiger charge is 2.37. The molecule has 3 nitrogen and oxygen atoms in total. The molecule has 17 heavy (non-hydrogen) atoms. The minimum absolute atomic E-state index is 0.124. The molecule has 0 amide bonds. The van der Waals surface area contributed by atoms with Crippen LogP contribution in [0.5, 0.6) is 0 Å². The first-order chi connectivity index (χ1) is 7.76. The van der Waals surface area contributed by atoms with E-state index >= 15 is 0 Å². The van der Waals surface area contributed by atoms with Crippen molar-refractivity contribution in [1.29, 1.82) is 0 Å². The largest absolute Gasteiger partial charge is 0.414 e. The zero-order chi connectivity index (χ0) is 13.1. The normalized spacial score (nSPS) is 26.2. The van der Waals surface area contributed by atoms with Gasteiger partial charge in [0.15, 0.2) is 14.6 Å². The molecule has 0 aromatic carbocycles. The number of hydrogen-bond acceptors (Lipinski definition) is 3. The highest BCUT2D eigenvalue weighted by molar-refractivity contribution is 6.74. The van der Waals surface area contributed by atoms with Gasteiger partial charge in [-0.25, -0.2) is 0 Å². The van der Waals surface area contributed by atoms with E-state index in [0.29, 0.717) is 6.61 Å². The van der Waals surface area contributed by atoms with Gasteiger partial charge in [-0.15, -0.1) is 0 Å². The molecule has 2 atom stereocenters. The molecular weight excluding hydrogens is 232 g/mol. The summed E-state index contributed by atoms with van der Waals surface area (Å²) in [6, 6.07) is 0. The zero-order valence-corrected chi connectivity index (χ0v) is 12.9. The molecule has 4 heteroatoms. The quantitative estimate of drug-likeness (QED) is 0.572. The summed E-state index contributed by atoms with van der Waals surface area (Å²) in [6.45, 7) is 11.9. The minimum Gasteiger partial charge on any atom is -0.414 e. The summed E-state index contributed by atoms with van der Waals surface area (Å²) in [5.74, 6) is 0. The van der Waals surface area contributed by atoms with Crippen molar-refractivity contribution in [3.05, 3.63) is 12.2 Å². The van der Waals surface area contributed by atoms with Gasteiger partial charge in [0.05, 0.1) is 12.7 Å². The Morgan fingerprint density at radius 3 is 2.53 bits per heavy atom. The second-order valence-corrected chi connectivity index (χ2v) is 10.9. The van der Waals surface area contributed by atoms with Crippen LogP contribution in [-0.4, -0.2) is 34.4 Å². The average molecular weight is 258 g/mol. The molecule has 0 aromatic heterocycles. The summed E-state index contributed by atoms with van der Waals surface area (Å²) in [7, 11) is -0.00717. The predicted octanol–water partition coefficient (Wildman–Crippen LogP) is 3.33. The number of rotatable bonds is 4. The number of hydrogen-bond donors (Lipinski definition) is 0. The third kappa shape index (κ3) is 4.21. The van der Waals surface area contributed by atoms with Crippen LogP contribution in [-0.2, 0) is 13.9 Å². The van der Waals surface area contributed by atoms with Crippen LogP contribution in [0, 0.1) is 0 Å². The Morgan fingerprint density at radius 1 is 1.35 bits per heavy atom. The minimum atomic E-state index is -1.67. The van der Waals surface area contributed by atoms with Crippen LogP contribution in [0.15, 0.2) is 12.2 Å². The van der Waals surface area contributed by atoms with E-state index in [4.69, 9.17) is 13.9 Å². The third-order valence-corrected chi connectivity index (χ3v) is 8.19. The molecule has 0 aliphatic carbocycles. The van der Waals surface area contributed by atoms with Crippen LogP contribution < -0.4 is 0 Å². The highest BCUT2D eigenvalue weighted by atomic mass is 28.4. The second-order valence-electron chi connectivity index (χ2n) is 6.10. The highest BCUT2D eigenvalue weighted by Crippen LogP contribution is 2.36. The standard InChI is InChI=1S/C13H26O3Si/c1-13(2,3)17(5,6)15-10-11-8-7-9-12(14-4)16-11/h7,9,11-12H,8,10H2,1-6H3/t11-,12+/m1/s1. The molecule has 1 aliphatic rings. The van der Waals surface area contributed by atoms with E-state index in [-0.39, 0.29) is 17.4 Å². The van der Waals surface area contributed by atoms with Crippen molar-refractivity contribution in [3.8, 4) is 0 Å². The van der Waals surface area contributed by atoms with Gasteiger partial charge in [-0.3, -0.25) is 0 Å². The van der Waals surface area contributed by atoms with Crippen molar-refractivity contribution in [2.24, 2.45) is 0 Å². The first kappa shape index (κ1) is 14.9. The fourth-order valence-corrected chi connectivity index (χ4v) is 2.43. The number of methoxy groups -OCH3 is 1. The molecule has 100 valence electrons. The van der Waals surface area contributed by atoms with Crippen LogP contribution in [0.4, 0.5) is 0 Å². The Bertz CT molecular complexity index is 268. The summed E-state index contributed by atoms with van der Waals surface area (Å²) in [4.78, 5) is 0. The smallest absolute Gasteiger partial charge is 0.192 e. The van der Waals surface area contributed by atoms with E-state index in [1.165, 1.54) is 0 Å². The maximum atomic E-state index is 6.15.